The van der Waals surface area contributed by atoms with E-state index in [-0.39, 0.29) is 12.1 Å². The second-order valence-electron chi connectivity index (χ2n) is 5.18. The molecule has 0 radical (unpaired) electrons. The lowest BCUT2D eigenvalue weighted by atomic mass is 9.80. The summed E-state index contributed by atoms with van der Waals surface area (Å²) in [5.74, 6) is 1.46. The van der Waals surface area contributed by atoms with Crippen LogP contribution in [0.4, 0.5) is 0 Å². The molecule has 0 bridgehead atoms. The number of hydrogen-bond acceptors (Lipinski definition) is 2. The highest BCUT2D eigenvalue weighted by molar-refractivity contribution is 5.56. The summed E-state index contributed by atoms with van der Waals surface area (Å²) in [4.78, 5) is 4.42. The van der Waals surface area contributed by atoms with Gasteiger partial charge in [0.05, 0.1) is 12.1 Å². The maximum absolute atomic E-state index is 9.97. The van der Waals surface area contributed by atoms with Gasteiger partial charge in [-0.05, 0) is 50.2 Å². The molecule has 0 aromatic carbocycles. The van der Waals surface area contributed by atoms with Gasteiger partial charge in [-0.15, -0.1) is 0 Å². The first-order valence-electron chi connectivity index (χ1n) is 6.33. The lowest BCUT2D eigenvalue weighted by molar-refractivity contribution is 0.0757. The zero-order chi connectivity index (χ0) is 11.3. The molecule has 1 aliphatic carbocycles. The van der Waals surface area contributed by atoms with Crippen molar-refractivity contribution in [2.75, 3.05) is 0 Å². The Morgan fingerprint density at radius 2 is 2.13 bits per heavy atom. The van der Waals surface area contributed by atoms with Crippen LogP contribution in [0.15, 0.2) is 4.99 Å². The van der Waals surface area contributed by atoms with E-state index < -0.39 is 0 Å². The largest absolute Gasteiger partial charge is 0.391 e. The summed E-state index contributed by atoms with van der Waals surface area (Å²) in [6.45, 7) is 6.60. The molecule has 2 nitrogen and oxygen atoms in total. The zero-order valence-electron chi connectivity index (χ0n) is 10.3. The van der Waals surface area contributed by atoms with Crippen LogP contribution in [-0.2, 0) is 0 Å². The van der Waals surface area contributed by atoms with E-state index in [1.807, 2.05) is 6.21 Å². The van der Waals surface area contributed by atoms with Crippen molar-refractivity contribution in [2.24, 2.45) is 16.8 Å². The van der Waals surface area contributed by atoms with E-state index in [1.165, 1.54) is 12.8 Å². The topological polar surface area (TPSA) is 32.6 Å². The molecule has 3 atom stereocenters. The van der Waals surface area contributed by atoms with E-state index in [0.29, 0.717) is 5.92 Å². The number of aliphatic imine (C=N–C) groups is 1. The molecule has 0 aromatic heterocycles. The molecule has 15 heavy (non-hydrogen) atoms. The minimum atomic E-state index is -0.203. The van der Waals surface area contributed by atoms with Gasteiger partial charge in [-0.3, -0.25) is 4.99 Å². The van der Waals surface area contributed by atoms with Gasteiger partial charge in [0.15, 0.2) is 0 Å². The van der Waals surface area contributed by atoms with Gasteiger partial charge in [-0.25, -0.2) is 0 Å². The Morgan fingerprint density at radius 1 is 1.40 bits per heavy atom. The third-order valence-corrected chi connectivity index (χ3v) is 3.17. The van der Waals surface area contributed by atoms with Gasteiger partial charge in [0.25, 0.3) is 0 Å². The summed E-state index contributed by atoms with van der Waals surface area (Å²) in [5.41, 5.74) is 0. The van der Waals surface area contributed by atoms with Crippen LogP contribution < -0.4 is 0 Å². The molecule has 0 heterocycles. The number of rotatable bonds is 4. The van der Waals surface area contributed by atoms with Crippen LogP contribution in [0.2, 0.25) is 0 Å². The second-order valence-corrected chi connectivity index (χ2v) is 5.18. The lowest BCUT2D eigenvalue weighted by Crippen LogP contribution is -2.33. The Morgan fingerprint density at radius 3 is 2.67 bits per heavy atom. The van der Waals surface area contributed by atoms with Gasteiger partial charge in [-0.2, -0.15) is 0 Å². The van der Waals surface area contributed by atoms with Gasteiger partial charge in [0, 0.05) is 0 Å². The monoisotopic (exact) mass is 211 g/mol. The van der Waals surface area contributed by atoms with Crippen LogP contribution >= 0.6 is 0 Å². The zero-order valence-corrected chi connectivity index (χ0v) is 10.3. The Hall–Kier alpha value is -0.370. The molecule has 1 rings (SSSR count). The van der Waals surface area contributed by atoms with E-state index in [0.717, 1.165) is 25.2 Å². The summed E-state index contributed by atoms with van der Waals surface area (Å²) in [7, 11) is 0. The first-order valence-corrected chi connectivity index (χ1v) is 6.33. The average molecular weight is 211 g/mol. The normalized spacial score (nSPS) is 32.7. The molecule has 2 unspecified atom stereocenters. The predicted octanol–water partition coefficient (Wildman–Crippen LogP) is 3.04. The van der Waals surface area contributed by atoms with Crippen molar-refractivity contribution in [3.05, 3.63) is 0 Å². The van der Waals surface area contributed by atoms with E-state index >= 15 is 0 Å². The average Bonchev–Trinajstić information content (AvgIpc) is 2.15. The number of aliphatic hydroxyl groups excluding tert-OH is 1. The minimum absolute atomic E-state index is 0.174. The maximum atomic E-state index is 9.97. The van der Waals surface area contributed by atoms with Crippen molar-refractivity contribution in [3.8, 4) is 0 Å². The first-order chi connectivity index (χ1) is 7.13. The van der Waals surface area contributed by atoms with Crippen LogP contribution in [0, 0.1) is 11.8 Å². The highest BCUT2D eigenvalue weighted by atomic mass is 16.3. The Kier molecular flexibility index (Phi) is 5.30. The van der Waals surface area contributed by atoms with Crippen LogP contribution in [0.5, 0.6) is 0 Å². The third-order valence-electron chi connectivity index (χ3n) is 3.17. The van der Waals surface area contributed by atoms with E-state index in [9.17, 15) is 5.11 Å². The number of aliphatic hydroxyl groups is 1. The molecule has 1 N–H and O–H groups in total. The second kappa shape index (κ2) is 6.26. The molecule has 1 fully saturated rings. The molecule has 0 aromatic rings. The van der Waals surface area contributed by atoms with Gasteiger partial charge >= 0.3 is 0 Å². The van der Waals surface area contributed by atoms with Crippen molar-refractivity contribution in [2.45, 2.75) is 65.0 Å². The fourth-order valence-corrected chi connectivity index (χ4v) is 2.51. The molecule has 2 heteroatoms. The Bertz CT molecular complexity index is 201. The molecule has 0 amide bonds. The van der Waals surface area contributed by atoms with Crippen molar-refractivity contribution in [1.29, 1.82) is 0 Å². The van der Waals surface area contributed by atoms with Gasteiger partial charge in [-0.1, -0.05) is 20.8 Å². The maximum Gasteiger partial charge on any atom is 0.0766 e. The van der Waals surface area contributed by atoms with E-state index in [2.05, 4.69) is 25.8 Å². The summed E-state index contributed by atoms with van der Waals surface area (Å²) in [5, 5.41) is 9.97. The molecule has 0 spiro atoms. The van der Waals surface area contributed by atoms with E-state index in [4.69, 9.17) is 0 Å². The SMILES string of the molecule is CC/C=N\C1CCC(CC(C)C)C[C@@H]1O. The lowest BCUT2D eigenvalue weighted by Gasteiger charge is -2.31. The van der Waals surface area contributed by atoms with Crippen molar-refractivity contribution in [1.82, 2.24) is 0 Å². The minimum Gasteiger partial charge on any atom is -0.391 e. The van der Waals surface area contributed by atoms with Crippen LogP contribution in [0.1, 0.15) is 52.9 Å². The third kappa shape index (κ3) is 4.33. The summed E-state index contributed by atoms with van der Waals surface area (Å²) >= 11 is 0. The summed E-state index contributed by atoms with van der Waals surface area (Å²) in [6.07, 6.45) is 7.21. The standard InChI is InChI=1S/C13H25NO/c1-4-7-14-12-6-5-11(8-10(2)3)9-13(12)15/h7,10-13,15H,4-6,8-9H2,1-3H3/b14-7-/t11?,12?,13-/m0/s1. The van der Waals surface area contributed by atoms with Crippen LogP contribution in [0.25, 0.3) is 0 Å². The fraction of sp³-hybridized carbons (Fsp3) is 0.923. The molecule has 1 saturated carbocycles. The Balaban J connectivity index is 2.37. The summed E-state index contributed by atoms with van der Waals surface area (Å²) < 4.78 is 0. The van der Waals surface area contributed by atoms with Crippen LogP contribution in [0.3, 0.4) is 0 Å². The molecule has 0 aliphatic heterocycles. The smallest absolute Gasteiger partial charge is 0.0766 e. The van der Waals surface area contributed by atoms with Crippen LogP contribution in [-0.4, -0.2) is 23.5 Å². The molecule has 88 valence electrons. The molecular weight excluding hydrogens is 186 g/mol. The van der Waals surface area contributed by atoms with Gasteiger partial charge in [0.2, 0.25) is 0 Å². The van der Waals surface area contributed by atoms with Crippen molar-refractivity contribution < 1.29 is 5.11 Å². The summed E-state index contributed by atoms with van der Waals surface area (Å²) in [6, 6.07) is 0.174. The Labute approximate surface area is 93.8 Å². The quantitative estimate of drug-likeness (QED) is 0.712. The molecule has 0 saturated heterocycles. The fourth-order valence-electron chi connectivity index (χ4n) is 2.51. The number of nitrogens with zero attached hydrogens (tertiary/aromatic N) is 1. The van der Waals surface area contributed by atoms with Crippen molar-refractivity contribution in [3.63, 3.8) is 0 Å². The van der Waals surface area contributed by atoms with Crippen molar-refractivity contribution >= 4 is 6.21 Å². The van der Waals surface area contributed by atoms with Gasteiger partial charge < -0.3 is 5.11 Å². The molecule has 1 aliphatic rings. The van der Waals surface area contributed by atoms with Gasteiger partial charge in [0.1, 0.15) is 0 Å². The first kappa shape index (κ1) is 12.7. The van der Waals surface area contributed by atoms with E-state index in [1.54, 1.807) is 0 Å². The highest BCUT2D eigenvalue weighted by Gasteiger charge is 2.28. The number of hydrogen-bond donors (Lipinski definition) is 1. The highest BCUT2D eigenvalue weighted by Crippen LogP contribution is 2.30. The predicted molar refractivity (Wildman–Crippen MR) is 65.4 cm³/mol. The molecular formula is C13H25NO.